The smallest absolute Gasteiger partial charge is 0.223 e. The Labute approximate surface area is 105 Å². The number of nitrogens with zero attached hydrogens (tertiary/aromatic N) is 3. The second-order valence-electron chi connectivity index (χ2n) is 4.26. The Kier molecular flexibility index (Phi) is 3.44. The molecule has 2 heterocycles. The average molecular weight is 251 g/mol. The lowest BCUT2D eigenvalue weighted by molar-refractivity contribution is 0.326. The highest BCUT2D eigenvalue weighted by molar-refractivity contribution is 7.16. The standard InChI is InChI=1S/C11H17N5S/c1-7(16(2)3)6-13-9-8-4-5-17-10(8)15-11(12)14-9/h4-5,7H,6H2,1-3H3,(H3,12,13,14,15). The summed E-state index contributed by atoms with van der Waals surface area (Å²) in [5.41, 5.74) is 5.68. The minimum Gasteiger partial charge on any atom is -0.368 e. The number of nitrogens with one attached hydrogen (secondary N) is 1. The highest BCUT2D eigenvalue weighted by Crippen LogP contribution is 2.25. The maximum atomic E-state index is 5.68. The molecule has 2 rings (SSSR count). The molecule has 92 valence electrons. The molecule has 2 aromatic rings. The Hall–Kier alpha value is -1.40. The van der Waals surface area contributed by atoms with Gasteiger partial charge in [0.1, 0.15) is 10.6 Å². The molecule has 6 heteroatoms. The van der Waals surface area contributed by atoms with Gasteiger partial charge < -0.3 is 16.0 Å². The molecule has 0 spiro atoms. The molecule has 0 radical (unpaired) electrons. The van der Waals surface area contributed by atoms with E-state index in [1.54, 1.807) is 11.3 Å². The van der Waals surface area contributed by atoms with E-state index in [-0.39, 0.29) is 0 Å². The van der Waals surface area contributed by atoms with Gasteiger partial charge in [-0.3, -0.25) is 0 Å². The molecule has 5 nitrogen and oxygen atoms in total. The lowest BCUT2D eigenvalue weighted by atomic mass is 10.3. The lowest BCUT2D eigenvalue weighted by Gasteiger charge is -2.20. The van der Waals surface area contributed by atoms with Gasteiger partial charge in [-0.2, -0.15) is 4.98 Å². The Bertz CT molecular complexity index is 508. The number of nitrogens with two attached hydrogens (primary N) is 1. The summed E-state index contributed by atoms with van der Waals surface area (Å²) >= 11 is 1.57. The van der Waals surface area contributed by atoms with Crippen molar-refractivity contribution in [3.63, 3.8) is 0 Å². The first-order valence-corrected chi connectivity index (χ1v) is 6.37. The highest BCUT2D eigenvalue weighted by atomic mass is 32.1. The molecule has 3 N–H and O–H groups in total. The minimum atomic E-state index is 0.319. The van der Waals surface area contributed by atoms with Crippen molar-refractivity contribution in [2.24, 2.45) is 0 Å². The third-order valence-electron chi connectivity index (χ3n) is 2.79. The van der Waals surface area contributed by atoms with E-state index >= 15 is 0 Å². The number of anilines is 2. The third-order valence-corrected chi connectivity index (χ3v) is 3.60. The largest absolute Gasteiger partial charge is 0.368 e. The van der Waals surface area contributed by atoms with E-state index in [1.165, 1.54) is 0 Å². The van der Waals surface area contributed by atoms with E-state index in [2.05, 4.69) is 41.2 Å². The van der Waals surface area contributed by atoms with Crippen LogP contribution in [-0.2, 0) is 0 Å². The van der Waals surface area contributed by atoms with Crippen molar-refractivity contribution in [1.29, 1.82) is 0 Å². The molecule has 1 atom stereocenters. The van der Waals surface area contributed by atoms with Crippen molar-refractivity contribution < 1.29 is 0 Å². The average Bonchev–Trinajstić information content (AvgIpc) is 2.72. The summed E-state index contributed by atoms with van der Waals surface area (Å²) in [5, 5.41) is 6.37. The van der Waals surface area contributed by atoms with Crippen LogP contribution in [0.2, 0.25) is 0 Å². The van der Waals surface area contributed by atoms with Crippen molar-refractivity contribution in [1.82, 2.24) is 14.9 Å². The summed E-state index contributed by atoms with van der Waals surface area (Å²) in [7, 11) is 4.11. The number of likely N-dealkylation sites (N-methyl/N-ethyl adjacent to an activating group) is 1. The summed E-state index contributed by atoms with van der Waals surface area (Å²) in [6, 6.07) is 2.45. The number of aromatic nitrogens is 2. The second kappa shape index (κ2) is 4.85. The summed E-state index contributed by atoms with van der Waals surface area (Å²) in [6.45, 7) is 2.98. The summed E-state index contributed by atoms with van der Waals surface area (Å²) in [5.74, 6) is 1.14. The summed E-state index contributed by atoms with van der Waals surface area (Å²) < 4.78 is 0. The Morgan fingerprint density at radius 1 is 1.47 bits per heavy atom. The highest BCUT2D eigenvalue weighted by Gasteiger charge is 2.09. The van der Waals surface area contributed by atoms with Crippen LogP contribution in [0, 0.1) is 0 Å². The Morgan fingerprint density at radius 3 is 2.94 bits per heavy atom. The van der Waals surface area contributed by atoms with Crippen LogP contribution in [0.25, 0.3) is 10.2 Å². The summed E-state index contributed by atoms with van der Waals surface area (Å²) in [6.07, 6.45) is 0. The Morgan fingerprint density at radius 2 is 2.24 bits per heavy atom. The normalized spacial score (nSPS) is 13.2. The first-order valence-electron chi connectivity index (χ1n) is 5.49. The van der Waals surface area contributed by atoms with Crippen LogP contribution in [0.4, 0.5) is 11.8 Å². The van der Waals surface area contributed by atoms with Gasteiger partial charge in [0.25, 0.3) is 0 Å². The van der Waals surface area contributed by atoms with E-state index in [0.717, 1.165) is 22.6 Å². The molecule has 0 fully saturated rings. The van der Waals surface area contributed by atoms with Gasteiger partial charge in [0, 0.05) is 12.6 Å². The number of rotatable bonds is 4. The van der Waals surface area contributed by atoms with Crippen LogP contribution in [-0.4, -0.2) is 41.5 Å². The quantitative estimate of drug-likeness (QED) is 0.864. The van der Waals surface area contributed by atoms with Gasteiger partial charge >= 0.3 is 0 Å². The molecule has 0 amide bonds. The lowest BCUT2D eigenvalue weighted by Crippen LogP contribution is -2.31. The maximum Gasteiger partial charge on any atom is 0.223 e. The van der Waals surface area contributed by atoms with Gasteiger partial charge in [-0.1, -0.05) is 0 Å². The van der Waals surface area contributed by atoms with Gasteiger partial charge in [0.2, 0.25) is 5.95 Å². The number of hydrogen-bond acceptors (Lipinski definition) is 6. The number of fused-ring (bicyclic) bond motifs is 1. The monoisotopic (exact) mass is 251 g/mol. The van der Waals surface area contributed by atoms with Crippen LogP contribution in [0.15, 0.2) is 11.4 Å². The topological polar surface area (TPSA) is 67.1 Å². The van der Waals surface area contributed by atoms with Crippen LogP contribution in [0.1, 0.15) is 6.92 Å². The van der Waals surface area contributed by atoms with E-state index < -0.39 is 0 Å². The molecule has 0 aliphatic heterocycles. The molecular formula is C11H17N5S. The van der Waals surface area contributed by atoms with Crippen molar-refractivity contribution >= 4 is 33.3 Å². The zero-order chi connectivity index (χ0) is 12.4. The van der Waals surface area contributed by atoms with Crippen molar-refractivity contribution in [2.75, 3.05) is 31.7 Å². The molecule has 0 bridgehead atoms. The molecule has 0 aromatic carbocycles. The van der Waals surface area contributed by atoms with E-state index in [1.807, 2.05) is 11.4 Å². The van der Waals surface area contributed by atoms with Gasteiger partial charge in [-0.05, 0) is 32.5 Å². The first kappa shape index (κ1) is 12.1. The fourth-order valence-corrected chi connectivity index (χ4v) is 2.20. The minimum absolute atomic E-state index is 0.319. The van der Waals surface area contributed by atoms with Gasteiger partial charge in [-0.25, -0.2) is 4.98 Å². The van der Waals surface area contributed by atoms with Gasteiger partial charge in [-0.15, -0.1) is 11.3 Å². The molecule has 0 saturated heterocycles. The predicted molar refractivity (Wildman–Crippen MR) is 73.5 cm³/mol. The van der Waals surface area contributed by atoms with E-state index in [0.29, 0.717) is 12.0 Å². The zero-order valence-corrected chi connectivity index (χ0v) is 11.1. The van der Waals surface area contributed by atoms with Crippen molar-refractivity contribution in [2.45, 2.75) is 13.0 Å². The number of hydrogen-bond donors (Lipinski definition) is 2. The molecule has 0 aliphatic carbocycles. The molecule has 1 unspecified atom stereocenters. The second-order valence-corrected chi connectivity index (χ2v) is 5.16. The van der Waals surface area contributed by atoms with Gasteiger partial charge in [0.15, 0.2) is 0 Å². The van der Waals surface area contributed by atoms with E-state index in [4.69, 9.17) is 5.73 Å². The number of thiophene rings is 1. The molecular weight excluding hydrogens is 234 g/mol. The maximum absolute atomic E-state index is 5.68. The third kappa shape index (κ3) is 2.65. The van der Waals surface area contributed by atoms with Crippen LogP contribution in [0.5, 0.6) is 0 Å². The predicted octanol–water partition coefficient (Wildman–Crippen LogP) is 1.64. The van der Waals surface area contributed by atoms with Gasteiger partial charge in [0.05, 0.1) is 5.39 Å². The molecule has 2 aromatic heterocycles. The fraction of sp³-hybridized carbons (Fsp3) is 0.455. The van der Waals surface area contributed by atoms with Crippen molar-refractivity contribution in [3.05, 3.63) is 11.4 Å². The van der Waals surface area contributed by atoms with E-state index in [9.17, 15) is 0 Å². The SMILES string of the molecule is CC(CNc1nc(N)nc2sccc12)N(C)C. The fourth-order valence-electron chi connectivity index (χ4n) is 1.43. The molecule has 0 saturated carbocycles. The Balaban J connectivity index is 2.20. The number of nitrogen functional groups attached to an aromatic ring is 1. The van der Waals surface area contributed by atoms with Crippen molar-refractivity contribution in [3.8, 4) is 0 Å². The summed E-state index contributed by atoms with van der Waals surface area (Å²) in [4.78, 5) is 11.5. The first-order chi connectivity index (χ1) is 8.08. The van der Waals surface area contributed by atoms with Crippen LogP contribution >= 0.6 is 11.3 Å². The van der Waals surface area contributed by atoms with Crippen LogP contribution < -0.4 is 11.1 Å². The zero-order valence-electron chi connectivity index (χ0n) is 10.3. The molecule has 17 heavy (non-hydrogen) atoms. The van der Waals surface area contributed by atoms with Crippen LogP contribution in [0.3, 0.4) is 0 Å². The molecule has 0 aliphatic rings.